The molecule has 0 bridgehead atoms. The second-order valence-corrected chi connectivity index (χ2v) is 9.87. The van der Waals surface area contributed by atoms with Crippen molar-refractivity contribution in [2.24, 2.45) is 17.8 Å². The lowest BCUT2D eigenvalue weighted by molar-refractivity contribution is -0.131. The normalized spacial score (nSPS) is 14.3. The number of nitrogens with one attached hydrogen (secondary N) is 3. The molecule has 0 spiro atoms. The van der Waals surface area contributed by atoms with E-state index < -0.39 is 24.0 Å². The highest BCUT2D eigenvalue weighted by Gasteiger charge is 2.30. The van der Waals surface area contributed by atoms with Crippen LogP contribution in [0, 0.1) is 17.8 Å². The predicted octanol–water partition coefficient (Wildman–Crippen LogP) is 1.82. The lowest BCUT2D eigenvalue weighted by Crippen LogP contribution is -2.56. The zero-order valence-corrected chi connectivity index (χ0v) is 21.6. The van der Waals surface area contributed by atoms with Crippen LogP contribution in [-0.2, 0) is 14.4 Å². The molecule has 3 N–H and O–H groups in total. The molecule has 9 nitrogen and oxygen atoms in total. The van der Waals surface area contributed by atoms with Gasteiger partial charge in [0.2, 0.25) is 17.7 Å². The van der Waals surface area contributed by atoms with Crippen LogP contribution in [0.5, 0.6) is 0 Å². The number of amides is 5. The van der Waals surface area contributed by atoms with Gasteiger partial charge >= 0.3 is 6.03 Å². The Morgan fingerprint density at radius 1 is 0.719 bits per heavy atom. The maximum atomic E-state index is 12.9. The number of carbonyl (C=O) groups excluding carboxylic acids is 4. The number of likely N-dealkylation sites (N-methyl/N-ethyl adjacent to an activating group) is 3. The van der Waals surface area contributed by atoms with Crippen molar-refractivity contribution >= 4 is 23.8 Å². The van der Waals surface area contributed by atoms with E-state index >= 15 is 0 Å². The number of carbonyl (C=O) groups is 4. The highest BCUT2D eigenvalue weighted by Crippen LogP contribution is 2.13. The third-order valence-corrected chi connectivity index (χ3v) is 5.20. The van der Waals surface area contributed by atoms with E-state index in [0.717, 1.165) is 6.54 Å². The van der Waals surface area contributed by atoms with Crippen molar-refractivity contribution in [1.29, 1.82) is 0 Å². The van der Waals surface area contributed by atoms with E-state index in [-0.39, 0.29) is 23.8 Å². The van der Waals surface area contributed by atoms with E-state index in [4.69, 9.17) is 0 Å². The van der Waals surface area contributed by atoms with Gasteiger partial charge in [-0.05, 0) is 44.6 Å². The largest absolute Gasteiger partial charge is 0.357 e. The van der Waals surface area contributed by atoms with E-state index in [0.29, 0.717) is 24.7 Å². The smallest absolute Gasteiger partial charge is 0.324 e. The standard InChI is InChI=1S/C23H45N5O4/c1-14(2)11-18(27(9)13-16(5)6)22(31)25-17(7)20(29)26-23(32)28(10)19(12-15(3)4)21(30)24-8/h14-19H,11-13H2,1-10H3,(H,24,30)(H,25,31)(H,26,29,32)/t17?,18-,19-/m0/s1. The number of urea groups is 1. The van der Waals surface area contributed by atoms with Crippen LogP contribution < -0.4 is 16.0 Å². The summed E-state index contributed by atoms with van der Waals surface area (Å²) in [6.45, 7) is 14.5. The Kier molecular flexibility index (Phi) is 13.1. The molecule has 0 saturated heterocycles. The van der Waals surface area contributed by atoms with Gasteiger partial charge in [-0.2, -0.15) is 0 Å². The van der Waals surface area contributed by atoms with Gasteiger partial charge in [-0.15, -0.1) is 0 Å². The molecule has 0 aromatic heterocycles. The quantitative estimate of drug-likeness (QED) is 0.416. The minimum atomic E-state index is -0.898. The van der Waals surface area contributed by atoms with Gasteiger partial charge in [0.1, 0.15) is 12.1 Å². The van der Waals surface area contributed by atoms with Crippen LogP contribution in [0.15, 0.2) is 0 Å². The van der Waals surface area contributed by atoms with Crippen LogP contribution in [0.2, 0.25) is 0 Å². The third kappa shape index (κ3) is 10.4. The third-order valence-electron chi connectivity index (χ3n) is 5.20. The van der Waals surface area contributed by atoms with Gasteiger partial charge in [-0.25, -0.2) is 4.79 Å². The number of rotatable bonds is 12. The van der Waals surface area contributed by atoms with Crippen LogP contribution in [0.25, 0.3) is 0 Å². The first kappa shape index (κ1) is 29.8. The van der Waals surface area contributed by atoms with Crippen molar-refractivity contribution in [2.75, 3.05) is 27.7 Å². The van der Waals surface area contributed by atoms with Crippen LogP contribution >= 0.6 is 0 Å². The molecule has 0 aliphatic heterocycles. The van der Waals surface area contributed by atoms with E-state index in [9.17, 15) is 19.2 Å². The fourth-order valence-corrected chi connectivity index (χ4v) is 3.51. The number of hydrogen-bond acceptors (Lipinski definition) is 5. The Morgan fingerprint density at radius 3 is 1.66 bits per heavy atom. The SMILES string of the molecule is CNC(=O)[C@H](CC(C)C)N(C)C(=O)NC(=O)C(C)NC(=O)[C@H](CC(C)C)N(C)CC(C)C. The maximum absolute atomic E-state index is 12.9. The minimum Gasteiger partial charge on any atom is -0.357 e. The fourth-order valence-electron chi connectivity index (χ4n) is 3.51. The monoisotopic (exact) mass is 455 g/mol. The summed E-state index contributed by atoms with van der Waals surface area (Å²) in [6.07, 6.45) is 1.12. The van der Waals surface area contributed by atoms with E-state index in [2.05, 4.69) is 29.8 Å². The molecular formula is C23H45N5O4. The molecule has 5 amide bonds. The first-order chi connectivity index (χ1) is 14.7. The van der Waals surface area contributed by atoms with Gasteiger partial charge in [-0.1, -0.05) is 41.5 Å². The van der Waals surface area contributed by atoms with Crippen LogP contribution in [0.4, 0.5) is 4.79 Å². The first-order valence-corrected chi connectivity index (χ1v) is 11.5. The average Bonchev–Trinajstić information content (AvgIpc) is 2.67. The van der Waals surface area contributed by atoms with Crippen molar-refractivity contribution in [3.63, 3.8) is 0 Å². The molecule has 0 heterocycles. The summed E-state index contributed by atoms with van der Waals surface area (Å²) < 4.78 is 0. The summed E-state index contributed by atoms with van der Waals surface area (Å²) >= 11 is 0. The summed E-state index contributed by atoms with van der Waals surface area (Å²) in [6, 6.07) is -2.64. The first-order valence-electron chi connectivity index (χ1n) is 11.5. The van der Waals surface area contributed by atoms with Gasteiger partial charge < -0.3 is 15.5 Å². The molecule has 9 heteroatoms. The lowest BCUT2D eigenvalue weighted by Gasteiger charge is -2.31. The van der Waals surface area contributed by atoms with Gasteiger partial charge in [0, 0.05) is 20.6 Å². The molecule has 0 aromatic rings. The highest BCUT2D eigenvalue weighted by molar-refractivity contribution is 6.00. The lowest BCUT2D eigenvalue weighted by atomic mass is 10.0. The van der Waals surface area contributed by atoms with Crippen molar-refractivity contribution in [3.05, 3.63) is 0 Å². The van der Waals surface area contributed by atoms with Crippen molar-refractivity contribution in [2.45, 2.75) is 79.4 Å². The molecule has 3 atom stereocenters. The fraction of sp³-hybridized carbons (Fsp3) is 0.826. The van der Waals surface area contributed by atoms with Crippen molar-refractivity contribution in [3.8, 4) is 0 Å². The molecule has 0 aliphatic rings. The molecule has 0 rings (SSSR count). The summed E-state index contributed by atoms with van der Waals surface area (Å²) in [4.78, 5) is 53.5. The van der Waals surface area contributed by atoms with Crippen LogP contribution in [-0.4, -0.2) is 79.4 Å². The summed E-state index contributed by atoms with van der Waals surface area (Å²) in [5, 5.41) is 7.59. The molecular weight excluding hydrogens is 410 g/mol. The zero-order chi connectivity index (χ0) is 25.2. The topological polar surface area (TPSA) is 111 Å². The van der Waals surface area contributed by atoms with Gasteiger partial charge in [0.25, 0.3) is 0 Å². The minimum absolute atomic E-state index is 0.183. The van der Waals surface area contributed by atoms with Crippen molar-refractivity contribution < 1.29 is 19.2 Å². The molecule has 1 unspecified atom stereocenters. The average molecular weight is 456 g/mol. The Labute approximate surface area is 194 Å². The van der Waals surface area contributed by atoms with Crippen molar-refractivity contribution in [1.82, 2.24) is 25.8 Å². The van der Waals surface area contributed by atoms with Crippen LogP contribution in [0.3, 0.4) is 0 Å². The molecule has 186 valence electrons. The van der Waals surface area contributed by atoms with E-state index in [1.807, 2.05) is 39.6 Å². The van der Waals surface area contributed by atoms with Crippen LogP contribution in [0.1, 0.15) is 61.3 Å². The van der Waals surface area contributed by atoms with Gasteiger partial charge in [0.15, 0.2) is 0 Å². The maximum Gasteiger partial charge on any atom is 0.324 e. The van der Waals surface area contributed by atoms with E-state index in [1.165, 1.54) is 19.0 Å². The molecule has 0 aromatic carbocycles. The number of imide groups is 1. The Hall–Kier alpha value is -2.16. The summed E-state index contributed by atoms with van der Waals surface area (Å²) in [5.41, 5.74) is 0. The number of hydrogen-bond donors (Lipinski definition) is 3. The summed E-state index contributed by atoms with van der Waals surface area (Å²) in [7, 11) is 4.89. The van der Waals surface area contributed by atoms with Gasteiger partial charge in [0.05, 0.1) is 6.04 Å². The number of nitrogens with zero attached hydrogens (tertiary/aromatic N) is 2. The Bertz CT molecular complexity index is 636. The van der Waals surface area contributed by atoms with Gasteiger partial charge in [-0.3, -0.25) is 24.6 Å². The summed E-state index contributed by atoms with van der Waals surface area (Å²) in [5.74, 6) is -0.270. The highest BCUT2D eigenvalue weighted by atomic mass is 16.2. The molecule has 0 saturated carbocycles. The second kappa shape index (κ2) is 14.1. The molecule has 0 aliphatic carbocycles. The molecule has 32 heavy (non-hydrogen) atoms. The molecule has 0 fully saturated rings. The second-order valence-electron chi connectivity index (χ2n) is 9.87. The zero-order valence-electron chi connectivity index (χ0n) is 21.6. The predicted molar refractivity (Wildman–Crippen MR) is 127 cm³/mol. The van der Waals surface area contributed by atoms with E-state index in [1.54, 1.807) is 6.92 Å². The molecule has 0 radical (unpaired) electrons. The Morgan fingerprint density at radius 2 is 1.22 bits per heavy atom. The Balaban J connectivity index is 5.15.